The van der Waals surface area contributed by atoms with Crippen molar-refractivity contribution in [1.82, 2.24) is 0 Å². The van der Waals surface area contributed by atoms with Crippen LogP contribution < -0.4 is 0 Å². The SMILES string of the molecule is C=C1C(=O)O[C@@H]2/C=C(\C)CC/C=C(/C(=O)OC)CC[C@@H]12. The van der Waals surface area contributed by atoms with Crippen LogP contribution in [0.2, 0.25) is 0 Å². The number of methoxy groups -OCH3 is 1. The summed E-state index contributed by atoms with van der Waals surface area (Å²) in [6, 6.07) is 0. The minimum absolute atomic E-state index is 0.0522. The molecule has 0 aromatic heterocycles. The van der Waals surface area contributed by atoms with Gasteiger partial charge in [-0.3, -0.25) is 0 Å². The topological polar surface area (TPSA) is 52.6 Å². The van der Waals surface area contributed by atoms with Gasteiger partial charge in [0.15, 0.2) is 0 Å². The lowest BCUT2D eigenvalue weighted by Crippen LogP contribution is -2.17. The summed E-state index contributed by atoms with van der Waals surface area (Å²) in [5.74, 6) is -0.671. The van der Waals surface area contributed by atoms with Crippen LogP contribution in [0.25, 0.3) is 0 Å². The molecule has 108 valence electrons. The van der Waals surface area contributed by atoms with E-state index in [9.17, 15) is 9.59 Å². The van der Waals surface area contributed by atoms with Crippen LogP contribution in [-0.4, -0.2) is 25.2 Å². The molecular weight excluding hydrogens is 256 g/mol. The van der Waals surface area contributed by atoms with Crippen molar-refractivity contribution in [3.05, 3.63) is 35.5 Å². The third-order valence-corrected chi connectivity index (χ3v) is 3.90. The minimum Gasteiger partial charge on any atom is -0.466 e. The molecule has 0 radical (unpaired) electrons. The number of hydrogen-bond acceptors (Lipinski definition) is 4. The Morgan fingerprint density at radius 1 is 1.45 bits per heavy atom. The monoisotopic (exact) mass is 276 g/mol. The first-order valence-electron chi connectivity index (χ1n) is 6.87. The van der Waals surface area contributed by atoms with E-state index >= 15 is 0 Å². The largest absolute Gasteiger partial charge is 0.466 e. The quantitative estimate of drug-likeness (QED) is 0.420. The number of esters is 2. The Labute approximate surface area is 119 Å². The van der Waals surface area contributed by atoms with Crippen molar-refractivity contribution in [2.24, 2.45) is 5.92 Å². The van der Waals surface area contributed by atoms with E-state index in [-0.39, 0.29) is 24.0 Å². The fourth-order valence-corrected chi connectivity index (χ4v) is 2.69. The van der Waals surface area contributed by atoms with Crippen LogP contribution in [0.15, 0.2) is 35.5 Å². The Kier molecular flexibility index (Phi) is 4.42. The van der Waals surface area contributed by atoms with Crippen LogP contribution >= 0.6 is 0 Å². The van der Waals surface area contributed by atoms with Gasteiger partial charge in [0.05, 0.1) is 7.11 Å². The predicted octanol–water partition coefficient (Wildman–Crippen LogP) is 2.70. The molecule has 4 heteroatoms. The Bertz CT molecular complexity index is 499. The number of fused-ring (bicyclic) bond motifs is 1. The molecule has 4 nitrogen and oxygen atoms in total. The van der Waals surface area contributed by atoms with E-state index in [4.69, 9.17) is 9.47 Å². The molecule has 0 saturated carbocycles. The van der Waals surface area contributed by atoms with Crippen LogP contribution in [-0.2, 0) is 19.1 Å². The van der Waals surface area contributed by atoms with Gasteiger partial charge in [-0.1, -0.05) is 18.2 Å². The molecule has 0 amide bonds. The summed E-state index contributed by atoms with van der Waals surface area (Å²) in [6.07, 6.45) is 6.58. The predicted molar refractivity (Wildman–Crippen MR) is 74.8 cm³/mol. The normalized spacial score (nSPS) is 32.3. The fraction of sp³-hybridized carbons (Fsp3) is 0.500. The van der Waals surface area contributed by atoms with Gasteiger partial charge in [-0.05, 0) is 38.7 Å². The molecular formula is C16H20O4. The first kappa shape index (κ1) is 14.6. The Morgan fingerprint density at radius 3 is 2.90 bits per heavy atom. The van der Waals surface area contributed by atoms with Crippen molar-refractivity contribution >= 4 is 11.9 Å². The maximum Gasteiger partial charge on any atom is 0.334 e. The summed E-state index contributed by atoms with van der Waals surface area (Å²) in [4.78, 5) is 23.4. The number of ether oxygens (including phenoxy) is 2. The second-order valence-corrected chi connectivity index (χ2v) is 5.31. The molecule has 2 atom stereocenters. The molecule has 1 saturated heterocycles. The van der Waals surface area contributed by atoms with Gasteiger partial charge < -0.3 is 9.47 Å². The van der Waals surface area contributed by atoms with Crippen LogP contribution in [0.5, 0.6) is 0 Å². The lowest BCUT2D eigenvalue weighted by Gasteiger charge is -2.17. The van der Waals surface area contributed by atoms with Crippen LogP contribution in [0.4, 0.5) is 0 Å². The number of carbonyl (C=O) groups excluding carboxylic acids is 2. The van der Waals surface area contributed by atoms with Crippen molar-refractivity contribution in [3.8, 4) is 0 Å². The van der Waals surface area contributed by atoms with E-state index in [0.29, 0.717) is 24.0 Å². The van der Waals surface area contributed by atoms with Gasteiger partial charge in [0.2, 0.25) is 0 Å². The van der Waals surface area contributed by atoms with E-state index < -0.39 is 0 Å². The maximum atomic E-state index is 11.7. The minimum atomic E-state index is -0.327. The number of hydrogen-bond donors (Lipinski definition) is 0. The molecule has 2 aliphatic rings. The average Bonchev–Trinajstić information content (AvgIpc) is 2.68. The molecule has 1 heterocycles. The van der Waals surface area contributed by atoms with Crippen LogP contribution in [0.3, 0.4) is 0 Å². The van der Waals surface area contributed by atoms with Gasteiger partial charge >= 0.3 is 11.9 Å². The summed E-state index contributed by atoms with van der Waals surface area (Å²) < 4.78 is 10.2. The third-order valence-electron chi connectivity index (χ3n) is 3.90. The Balaban J connectivity index is 2.24. The fourth-order valence-electron chi connectivity index (χ4n) is 2.69. The smallest absolute Gasteiger partial charge is 0.334 e. The van der Waals surface area contributed by atoms with Gasteiger partial charge in [0, 0.05) is 17.1 Å². The molecule has 0 bridgehead atoms. The van der Waals surface area contributed by atoms with Gasteiger partial charge in [0.1, 0.15) is 6.10 Å². The highest BCUT2D eigenvalue weighted by molar-refractivity contribution is 5.91. The third kappa shape index (κ3) is 3.00. The summed E-state index contributed by atoms with van der Waals surface area (Å²) >= 11 is 0. The number of allylic oxidation sites excluding steroid dienone is 2. The molecule has 0 aromatic rings. The van der Waals surface area contributed by atoms with Crippen molar-refractivity contribution in [2.75, 3.05) is 7.11 Å². The zero-order valence-electron chi connectivity index (χ0n) is 12.0. The van der Waals surface area contributed by atoms with Crippen LogP contribution in [0, 0.1) is 5.92 Å². The molecule has 0 N–H and O–H groups in total. The summed E-state index contributed by atoms with van der Waals surface area (Å²) in [7, 11) is 1.39. The molecule has 1 fully saturated rings. The van der Waals surface area contributed by atoms with E-state index in [1.54, 1.807) is 0 Å². The molecule has 1 aliphatic carbocycles. The van der Waals surface area contributed by atoms with Crippen molar-refractivity contribution < 1.29 is 19.1 Å². The highest BCUT2D eigenvalue weighted by Crippen LogP contribution is 2.34. The highest BCUT2D eigenvalue weighted by atomic mass is 16.6. The van der Waals surface area contributed by atoms with E-state index in [2.05, 4.69) is 6.58 Å². The lowest BCUT2D eigenvalue weighted by atomic mass is 9.88. The molecule has 0 spiro atoms. The first-order chi connectivity index (χ1) is 9.52. The second-order valence-electron chi connectivity index (χ2n) is 5.31. The van der Waals surface area contributed by atoms with Gasteiger partial charge in [-0.2, -0.15) is 0 Å². The zero-order chi connectivity index (χ0) is 14.7. The number of rotatable bonds is 1. The highest BCUT2D eigenvalue weighted by Gasteiger charge is 2.37. The number of carbonyl (C=O) groups is 2. The lowest BCUT2D eigenvalue weighted by molar-refractivity contribution is -0.138. The Hall–Kier alpha value is -1.84. The Morgan fingerprint density at radius 2 is 2.20 bits per heavy atom. The molecule has 20 heavy (non-hydrogen) atoms. The second kappa shape index (κ2) is 6.07. The van der Waals surface area contributed by atoms with E-state index in [1.165, 1.54) is 7.11 Å². The molecule has 2 rings (SSSR count). The molecule has 1 aliphatic heterocycles. The average molecular weight is 276 g/mol. The molecule has 0 unspecified atom stereocenters. The maximum absolute atomic E-state index is 11.7. The zero-order valence-corrected chi connectivity index (χ0v) is 12.0. The van der Waals surface area contributed by atoms with Gasteiger partial charge in [-0.15, -0.1) is 0 Å². The van der Waals surface area contributed by atoms with Gasteiger partial charge in [-0.25, -0.2) is 9.59 Å². The summed E-state index contributed by atoms with van der Waals surface area (Å²) in [5.41, 5.74) is 2.34. The summed E-state index contributed by atoms with van der Waals surface area (Å²) in [5, 5.41) is 0. The standard InChI is InChI=1S/C16H20O4/c1-10-5-4-6-12(16(18)19-3)7-8-13-11(2)15(17)20-14(13)9-10/h6,9,13-14H,2,4-5,7-8H2,1,3H3/b10-9+,12-6+/t13-,14+/m0/s1. The van der Waals surface area contributed by atoms with Crippen molar-refractivity contribution in [2.45, 2.75) is 38.7 Å². The van der Waals surface area contributed by atoms with E-state index in [1.807, 2.05) is 19.1 Å². The van der Waals surface area contributed by atoms with Crippen molar-refractivity contribution in [1.29, 1.82) is 0 Å². The van der Waals surface area contributed by atoms with Crippen LogP contribution in [0.1, 0.15) is 32.6 Å². The van der Waals surface area contributed by atoms with Crippen molar-refractivity contribution in [3.63, 3.8) is 0 Å². The summed E-state index contributed by atoms with van der Waals surface area (Å²) in [6.45, 7) is 5.83. The van der Waals surface area contributed by atoms with E-state index in [0.717, 1.165) is 18.4 Å². The molecule has 0 aromatic carbocycles. The van der Waals surface area contributed by atoms with Gasteiger partial charge in [0.25, 0.3) is 0 Å². The first-order valence-corrected chi connectivity index (χ1v) is 6.87.